The van der Waals surface area contributed by atoms with Gasteiger partial charge in [-0.15, -0.1) is 0 Å². The zero-order chi connectivity index (χ0) is 23.2. The summed E-state index contributed by atoms with van der Waals surface area (Å²) in [6, 6.07) is 14.1. The van der Waals surface area contributed by atoms with Gasteiger partial charge in [-0.25, -0.2) is 9.97 Å². The van der Waals surface area contributed by atoms with Crippen LogP contribution in [0.4, 0.5) is 17.3 Å². The molecule has 0 saturated heterocycles. The van der Waals surface area contributed by atoms with Crippen molar-refractivity contribution in [2.24, 2.45) is 5.73 Å². The molecule has 0 radical (unpaired) electrons. The van der Waals surface area contributed by atoms with Crippen molar-refractivity contribution < 1.29 is 19.4 Å². The Labute approximate surface area is 190 Å². The largest absolute Gasteiger partial charge is 0.482 e. The number of aromatic nitrogens is 2. The number of fused-ring (bicyclic) bond motifs is 1. The smallest absolute Gasteiger partial charge is 0.265 e. The third-order valence-corrected chi connectivity index (χ3v) is 5.06. The van der Waals surface area contributed by atoms with Crippen molar-refractivity contribution >= 4 is 29.1 Å². The third kappa shape index (κ3) is 5.25. The van der Waals surface area contributed by atoms with Gasteiger partial charge in [-0.2, -0.15) is 0 Å². The topological polar surface area (TPSA) is 143 Å². The molecule has 0 aliphatic carbocycles. The maximum Gasteiger partial charge on any atom is 0.265 e. The second-order valence-electron chi connectivity index (χ2n) is 7.33. The zero-order valence-corrected chi connectivity index (χ0v) is 17.8. The number of nitrogens with zero attached hydrogens (tertiary/aromatic N) is 3. The number of ether oxygens (including phenoxy) is 1. The predicted molar refractivity (Wildman–Crippen MR) is 124 cm³/mol. The number of aliphatic hydroxyl groups excluding tert-OH is 1. The number of aliphatic hydroxyl groups is 1. The van der Waals surface area contributed by atoms with Gasteiger partial charge in [0.15, 0.2) is 6.61 Å². The summed E-state index contributed by atoms with van der Waals surface area (Å²) in [5.41, 5.74) is 8.46. The first-order valence-electron chi connectivity index (χ1n) is 10.4. The number of nitrogens with one attached hydrogen (secondary N) is 2. The van der Waals surface area contributed by atoms with Crippen LogP contribution in [0.15, 0.2) is 54.7 Å². The lowest BCUT2D eigenvalue weighted by Crippen LogP contribution is -2.42. The molecule has 2 heterocycles. The molecule has 5 N–H and O–H groups in total. The van der Waals surface area contributed by atoms with E-state index in [4.69, 9.17) is 15.6 Å². The summed E-state index contributed by atoms with van der Waals surface area (Å²) >= 11 is 0. The fraction of sp³-hybridized carbons (Fsp3) is 0.217. The highest BCUT2D eigenvalue weighted by molar-refractivity contribution is 5.98. The lowest BCUT2D eigenvalue weighted by molar-refractivity contribution is -0.121. The molecule has 0 bridgehead atoms. The van der Waals surface area contributed by atoms with Crippen LogP contribution in [-0.2, 0) is 4.79 Å². The molecule has 1 aliphatic rings. The number of primary amides is 1. The Balaban J connectivity index is 1.57. The van der Waals surface area contributed by atoms with E-state index in [2.05, 4.69) is 20.6 Å². The molecule has 0 fully saturated rings. The number of nitrogens with two attached hydrogens (primary N) is 1. The van der Waals surface area contributed by atoms with Gasteiger partial charge in [0.2, 0.25) is 11.9 Å². The highest BCUT2D eigenvalue weighted by Gasteiger charge is 2.25. The van der Waals surface area contributed by atoms with Crippen molar-refractivity contribution in [3.63, 3.8) is 0 Å². The van der Waals surface area contributed by atoms with Gasteiger partial charge in [0.25, 0.3) is 5.91 Å². The van der Waals surface area contributed by atoms with Crippen molar-refractivity contribution in [1.29, 1.82) is 0 Å². The minimum atomic E-state index is -0.518. The van der Waals surface area contributed by atoms with E-state index in [0.29, 0.717) is 54.0 Å². The van der Waals surface area contributed by atoms with Crippen LogP contribution in [0.3, 0.4) is 0 Å². The monoisotopic (exact) mass is 448 g/mol. The van der Waals surface area contributed by atoms with Gasteiger partial charge in [-0.05, 0) is 42.5 Å². The van der Waals surface area contributed by atoms with Crippen molar-refractivity contribution in [2.45, 2.75) is 0 Å². The molecular formula is C23H24N6O4. The van der Waals surface area contributed by atoms with Gasteiger partial charge in [-0.1, -0.05) is 6.07 Å². The maximum atomic E-state index is 12.5. The standard InChI is InChI=1S/C23H24N6O4/c24-22(32)16-2-1-3-17(12-16)27-23-26-7-6-18(28-23)15-4-5-20-19(13-15)29(21(31)14-33-20)10-8-25-9-11-30/h1-7,12-13,25,30H,8-11,14H2,(H2,24,32)(H,26,27,28). The molecule has 0 saturated carbocycles. The molecule has 10 heteroatoms. The van der Waals surface area contributed by atoms with Crippen LogP contribution < -0.4 is 26.0 Å². The normalized spacial score (nSPS) is 12.8. The first-order valence-corrected chi connectivity index (χ1v) is 10.4. The van der Waals surface area contributed by atoms with Crippen LogP contribution in [0.25, 0.3) is 11.3 Å². The van der Waals surface area contributed by atoms with Crippen molar-refractivity contribution in [3.8, 4) is 17.0 Å². The second kappa shape index (κ2) is 10.1. The number of rotatable bonds is 9. The van der Waals surface area contributed by atoms with Gasteiger partial charge >= 0.3 is 0 Å². The van der Waals surface area contributed by atoms with Gasteiger partial charge in [-0.3, -0.25) is 9.59 Å². The summed E-state index contributed by atoms with van der Waals surface area (Å²) in [4.78, 5) is 34.4. The van der Waals surface area contributed by atoms with Crippen molar-refractivity contribution in [1.82, 2.24) is 15.3 Å². The molecule has 4 rings (SSSR count). The molecule has 2 amide bonds. The predicted octanol–water partition coefficient (Wildman–Crippen LogP) is 1.29. The van der Waals surface area contributed by atoms with E-state index in [1.165, 1.54) is 0 Å². The number of amides is 2. The average Bonchev–Trinajstić information content (AvgIpc) is 2.83. The van der Waals surface area contributed by atoms with Crippen molar-refractivity contribution in [3.05, 3.63) is 60.3 Å². The number of anilines is 3. The summed E-state index contributed by atoms with van der Waals surface area (Å²) < 4.78 is 5.58. The first kappa shape index (κ1) is 22.2. The van der Waals surface area contributed by atoms with Gasteiger partial charge in [0.1, 0.15) is 5.75 Å². The Morgan fingerprint density at radius 1 is 1.18 bits per heavy atom. The Bertz CT molecular complexity index is 1170. The second-order valence-corrected chi connectivity index (χ2v) is 7.33. The number of benzene rings is 2. The van der Waals surface area contributed by atoms with E-state index in [-0.39, 0.29) is 19.1 Å². The zero-order valence-electron chi connectivity index (χ0n) is 17.8. The first-order chi connectivity index (χ1) is 16.0. The molecule has 0 spiro atoms. The Kier molecular flexibility index (Phi) is 6.77. The summed E-state index contributed by atoms with van der Waals surface area (Å²) in [5.74, 6) is 0.320. The van der Waals surface area contributed by atoms with Crippen molar-refractivity contribution in [2.75, 3.05) is 43.1 Å². The highest BCUT2D eigenvalue weighted by atomic mass is 16.5. The van der Waals surface area contributed by atoms with Gasteiger partial charge in [0.05, 0.1) is 18.0 Å². The number of carbonyl (C=O) groups excluding carboxylic acids is 2. The molecule has 10 nitrogen and oxygen atoms in total. The molecular weight excluding hydrogens is 424 g/mol. The molecule has 1 aromatic heterocycles. The molecule has 33 heavy (non-hydrogen) atoms. The number of carbonyl (C=O) groups is 2. The number of hydrogen-bond acceptors (Lipinski definition) is 8. The fourth-order valence-corrected chi connectivity index (χ4v) is 3.46. The molecule has 1 aliphatic heterocycles. The Morgan fingerprint density at radius 3 is 2.88 bits per heavy atom. The fourth-order valence-electron chi connectivity index (χ4n) is 3.46. The SMILES string of the molecule is NC(=O)c1cccc(Nc2nccc(-c3ccc4c(c3)N(CCNCCO)C(=O)CO4)n2)c1. The van der Waals surface area contributed by atoms with E-state index < -0.39 is 5.91 Å². The Morgan fingerprint density at radius 2 is 2.06 bits per heavy atom. The summed E-state index contributed by atoms with van der Waals surface area (Å²) in [6.07, 6.45) is 1.63. The van der Waals surface area contributed by atoms with E-state index in [9.17, 15) is 9.59 Å². The van der Waals surface area contributed by atoms with Crippen LogP contribution in [0.1, 0.15) is 10.4 Å². The van der Waals surface area contributed by atoms with Crippen LogP contribution in [0.5, 0.6) is 5.75 Å². The van der Waals surface area contributed by atoms with Crippen LogP contribution >= 0.6 is 0 Å². The minimum Gasteiger partial charge on any atom is -0.482 e. The molecule has 170 valence electrons. The van der Waals surface area contributed by atoms with E-state index >= 15 is 0 Å². The maximum absolute atomic E-state index is 12.5. The number of hydrogen-bond donors (Lipinski definition) is 4. The molecule has 0 unspecified atom stereocenters. The summed E-state index contributed by atoms with van der Waals surface area (Å²) in [6.45, 7) is 1.48. The summed E-state index contributed by atoms with van der Waals surface area (Å²) in [7, 11) is 0. The minimum absolute atomic E-state index is 0.0156. The van der Waals surface area contributed by atoms with E-state index in [0.717, 1.165) is 5.56 Å². The van der Waals surface area contributed by atoms with E-state index in [1.54, 1.807) is 41.4 Å². The lowest BCUT2D eigenvalue weighted by atomic mass is 10.1. The summed E-state index contributed by atoms with van der Waals surface area (Å²) in [5, 5.41) is 15.1. The van der Waals surface area contributed by atoms with Gasteiger partial charge in [0, 0.05) is 42.6 Å². The average molecular weight is 448 g/mol. The molecule has 2 aromatic carbocycles. The lowest BCUT2D eigenvalue weighted by Gasteiger charge is -2.30. The van der Waals surface area contributed by atoms with Gasteiger partial charge < -0.3 is 31.1 Å². The third-order valence-electron chi connectivity index (χ3n) is 5.06. The Hall–Kier alpha value is -4.02. The molecule has 0 atom stereocenters. The quantitative estimate of drug-likeness (QED) is 0.359. The van der Waals surface area contributed by atoms with E-state index in [1.807, 2.05) is 18.2 Å². The highest BCUT2D eigenvalue weighted by Crippen LogP contribution is 2.35. The van der Waals surface area contributed by atoms with Crippen LogP contribution in [0, 0.1) is 0 Å². The molecule has 3 aromatic rings. The van der Waals surface area contributed by atoms with Crippen LogP contribution in [0.2, 0.25) is 0 Å². The van der Waals surface area contributed by atoms with Crippen LogP contribution in [-0.4, -0.2) is 59.7 Å².